The zero-order chi connectivity index (χ0) is 17.7. The number of halogens is 1. The Kier molecular flexibility index (Phi) is 5.33. The van der Waals surface area contributed by atoms with Gasteiger partial charge in [-0.2, -0.15) is 5.26 Å². The first-order valence-corrected chi connectivity index (χ1v) is 7.28. The van der Waals surface area contributed by atoms with E-state index in [1.807, 2.05) is 32.0 Å². The summed E-state index contributed by atoms with van der Waals surface area (Å²) in [5, 5.41) is 11.9. The van der Waals surface area contributed by atoms with Crippen molar-refractivity contribution in [3.05, 3.63) is 64.5 Å². The molecular formula is C19H17FN2O2. The molecule has 122 valence electrons. The number of hydrogen-bond donors (Lipinski definition) is 1. The topological polar surface area (TPSA) is 62.1 Å². The summed E-state index contributed by atoms with van der Waals surface area (Å²) in [4.78, 5) is 12.2. The van der Waals surface area contributed by atoms with Crippen molar-refractivity contribution >= 4 is 17.7 Å². The molecule has 1 amide bonds. The number of aryl methyl sites for hydroxylation is 2. The Bertz CT molecular complexity index is 851. The van der Waals surface area contributed by atoms with Crippen LogP contribution in [0.5, 0.6) is 5.75 Å². The molecule has 0 bridgehead atoms. The van der Waals surface area contributed by atoms with E-state index in [1.54, 1.807) is 12.1 Å². The van der Waals surface area contributed by atoms with Gasteiger partial charge in [-0.25, -0.2) is 4.39 Å². The number of carbonyl (C=O) groups is 1. The average Bonchev–Trinajstić information content (AvgIpc) is 2.56. The highest BCUT2D eigenvalue weighted by molar-refractivity contribution is 6.09. The van der Waals surface area contributed by atoms with Crippen LogP contribution in [0.3, 0.4) is 0 Å². The molecule has 4 nitrogen and oxygen atoms in total. The van der Waals surface area contributed by atoms with Crippen molar-refractivity contribution in [2.24, 2.45) is 0 Å². The van der Waals surface area contributed by atoms with Crippen molar-refractivity contribution < 1.29 is 13.9 Å². The summed E-state index contributed by atoms with van der Waals surface area (Å²) in [6.07, 6.45) is 1.33. The van der Waals surface area contributed by atoms with Crippen LogP contribution in [0.2, 0.25) is 0 Å². The molecule has 0 saturated heterocycles. The van der Waals surface area contributed by atoms with Gasteiger partial charge in [-0.1, -0.05) is 12.1 Å². The molecule has 2 aromatic rings. The van der Waals surface area contributed by atoms with Crippen LogP contribution in [0.4, 0.5) is 10.1 Å². The van der Waals surface area contributed by atoms with Crippen LogP contribution in [0.25, 0.3) is 6.08 Å². The second kappa shape index (κ2) is 7.42. The van der Waals surface area contributed by atoms with E-state index < -0.39 is 11.7 Å². The summed E-state index contributed by atoms with van der Waals surface area (Å²) in [6, 6.07) is 11.5. The maximum Gasteiger partial charge on any atom is 0.266 e. The molecular weight excluding hydrogens is 307 g/mol. The molecule has 0 saturated carbocycles. The standard InChI is InChI=1S/C19H17FN2O2/c1-12-4-6-16(8-13(12)2)22-19(23)15(11-21)9-14-5-7-18(24-3)17(20)10-14/h4-10H,1-3H3,(H,22,23)/b15-9+. The molecule has 0 unspecified atom stereocenters. The number of hydrogen-bond acceptors (Lipinski definition) is 3. The summed E-state index contributed by atoms with van der Waals surface area (Å²) < 4.78 is 18.5. The van der Waals surface area contributed by atoms with E-state index in [0.717, 1.165) is 11.1 Å². The van der Waals surface area contributed by atoms with Crippen molar-refractivity contribution in [3.8, 4) is 11.8 Å². The quantitative estimate of drug-likeness (QED) is 0.683. The smallest absolute Gasteiger partial charge is 0.266 e. The van der Waals surface area contributed by atoms with E-state index in [4.69, 9.17) is 4.74 Å². The highest BCUT2D eigenvalue weighted by Crippen LogP contribution is 2.20. The molecule has 0 aliphatic heterocycles. The van der Waals surface area contributed by atoms with Gasteiger partial charge in [0.2, 0.25) is 0 Å². The second-order valence-corrected chi connectivity index (χ2v) is 5.32. The lowest BCUT2D eigenvalue weighted by atomic mass is 10.1. The number of nitriles is 1. The molecule has 0 radical (unpaired) electrons. The van der Waals surface area contributed by atoms with Crippen molar-refractivity contribution in [2.75, 3.05) is 12.4 Å². The molecule has 0 fully saturated rings. The van der Waals surface area contributed by atoms with E-state index in [2.05, 4.69) is 5.32 Å². The fourth-order valence-corrected chi connectivity index (χ4v) is 2.11. The van der Waals surface area contributed by atoms with Crippen LogP contribution in [0, 0.1) is 31.0 Å². The highest BCUT2D eigenvalue weighted by atomic mass is 19.1. The molecule has 24 heavy (non-hydrogen) atoms. The third kappa shape index (κ3) is 3.99. The summed E-state index contributed by atoms with van der Waals surface area (Å²) >= 11 is 0. The van der Waals surface area contributed by atoms with Gasteiger partial charge in [0.25, 0.3) is 5.91 Å². The summed E-state index contributed by atoms with van der Waals surface area (Å²) in [5.41, 5.74) is 3.04. The van der Waals surface area contributed by atoms with Gasteiger partial charge >= 0.3 is 0 Å². The maximum atomic E-state index is 13.7. The largest absolute Gasteiger partial charge is 0.494 e. The van der Waals surface area contributed by atoms with E-state index in [1.165, 1.54) is 25.3 Å². The molecule has 0 spiro atoms. The molecule has 0 heterocycles. The number of anilines is 1. The van der Waals surface area contributed by atoms with Crippen LogP contribution in [-0.4, -0.2) is 13.0 Å². The fraction of sp³-hybridized carbons (Fsp3) is 0.158. The lowest BCUT2D eigenvalue weighted by Gasteiger charge is -2.07. The van der Waals surface area contributed by atoms with Crippen LogP contribution < -0.4 is 10.1 Å². The van der Waals surface area contributed by atoms with Gasteiger partial charge in [0, 0.05) is 5.69 Å². The molecule has 5 heteroatoms. The first-order valence-electron chi connectivity index (χ1n) is 7.28. The first-order chi connectivity index (χ1) is 11.4. The Hall–Kier alpha value is -3.13. The van der Waals surface area contributed by atoms with Gasteiger partial charge < -0.3 is 10.1 Å². The van der Waals surface area contributed by atoms with Crippen molar-refractivity contribution in [3.63, 3.8) is 0 Å². The maximum absolute atomic E-state index is 13.7. The van der Waals surface area contributed by atoms with E-state index in [9.17, 15) is 14.4 Å². The third-order valence-electron chi connectivity index (χ3n) is 3.62. The number of nitrogens with one attached hydrogen (secondary N) is 1. The zero-order valence-corrected chi connectivity index (χ0v) is 13.7. The summed E-state index contributed by atoms with van der Waals surface area (Å²) in [7, 11) is 1.37. The van der Waals surface area contributed by atoms with Crippen LogP contribution in [0.1, 0.15) is 16.7 Å². The average molecular weight is 324 g/mol. The summed E-state index contributed by atoms with van der Waals surface area (Å²) in [5.74, 6) is -1.000. The van der Waals surface area contributed by atoms with Gasteiger partial charge in [-0.05, 0) is 60.9 Å². The fourth-order valence-electron chi connectivity index (χ4n) is 2.11. The Morgan fingerprint density at radius 1 is 1.21 bits per heavy atom. The van der Waals surface area contributed by atoms with Crippen LogP contribution >= 0.6 is 0 Å². The normalized spacial score (nSPS) is 10.9. The van der Waals surface area contributed by atoms with E-state index >= 15 is 0 Å². The number of carbonyl (C=O) groups excluding carboxylic acids is 1. The van der Waals surface area contributed by atoms with Gasteiger partial charge in [0.1, 0.15) is 11.6 Å². The van der Waals surface area contributed by atoms with E-state index in [-0.39, 0.29) is 11.3 Å². The third-order valence-corrected chi connectivity index (χ3v) is 3.62. The number of nitrogens with zero attached hydrogens (tertiary/aromatic N) is 1. The first kappa shape index (κ1) is 17.2. The van der Waals surface area contributed by atoms with Crippen molar-refractivity contribution in [1.82, 2.24) is 0 Å². The minimum Gasteiger partial charge on any atom is -0.494 e. The Balaban J connectivity index is 2.23. The molecule has 0 aromatic heterocycles. The van der Waals surface area contributed by atoms with Gasteiger partial charge in [-0.15, -0.1) is 0 Å². The molecule has 0 aliphatic carbocycles. The predicted octanol–water partition coefficient (Wildman–Crippen LogP) is 4.00. The van der Waals surface area contributed by atoms with E-state index in [0.29, 0.717) is 11.3 Å². The minimum atomic E-state index is -0.557. The highest BCUT2D eigenvalue weighted by Gasteiger charge is 2.11. The number of benzene rings is 2. The molecule has 2 aromatic carbocycles. The summed E-state index contributed by atoms with van der Waals surface area (Å²) in [6.45, 7) is 3.91. The Labute approximate surface area is 140 Å². The van der Waals surface area contributed by atoms with Crippen molar-refractivity contribution in [1.29, 1.82) is 5.26 Å². The lowest BCUT2D eigenvalue weighted by molar-refractivity contribution is -0.112. The SMILES string of the molecule is COc1ccc(/C=C(\C#N)C(=O)Nc2ccc(C)c(C)c2)cc1F. The molecule has 1 N–H and O–H groups in total. The predicted molar refractivity (Wildman–Crippen MR) is 91.1 cm³/mol. The zero-order valence-electron chi connectivity index (χ0n) is 13.7. The minimum absolute atomic E-state index is 0.102. The number of ether oxygens (including phenoxy) is 1. The molecule has 0 atom stereocenters. The van der Waals surface area contributed by atoms with Gasteiger partial charge in [0.05, 0.1) is 7.11 Å². The van der Waals surface area contributed by atoms with Crippen molar-refractivity contribution in [2.45, 2.75) is 13.8 Å². The number of rotatable bonds is 4. The second-order valence-electron chi connectivity index (χ2n) is 5.32. The van der Waals surface area contributed by atoms with Gasteiger partial charge in [0.15, 0.2) is 11.6 Å². The van der Waals surface area contributed by atoms with Gasteiger partial charge in [-0.3, -0.25) is 4.79 Å². The van der Waals surface area contributed by atoms with Crippen LogP contribution in [-0.2, 0) is 4.79 Å². The van der Waals surface area contributed by atoms with Crippen LogP contribution in [0.15, 0.2) is 42.0 Å². The molecule has 2 rings (SSSR count). The molecule has 0 aliphatic rings. The Morgan fingerprint density at radius 3 is 2.54 bits per heavy atom. The lowest BCUT2D eigenvalue weighted by Crippen LogP contribution is -2.13. The number of amides is 1. The number of methoxy groups -OCH3 is 1. The Morgan fingerprint density at radius 2 is 1.96 bits per heavy atom. The monoisotopic (exact) mass is 324 g/mol.